The summed E-state index contributed by atoms with van der Waals surface area (Å²) in [6, 6.07) is 0. The molecule has 0 saturated carbocycles. The minimum Gasteiger partial charge on any atom is -0.394 e. The Morgan fingerprint density at radius 3 is 2.25 bits per heavy atom. The minimum absolute atomic E-state index is 0.970. The highest BCUT2D eigenvalue weighted by Gasteiger charge is 2.51. The van der Waals surface area contributed by atoms with Crippen molar-refractivity contribution in [2.24, 2.45) is 5.73 Å². The maximum Gasteiger partial charge on any atom is 0.260 e. The summed E-state index contributed by atoms with van der Waals surface area (Å²) < 4.78 is 6.72. The maximum absolute atomic E-state index is 11.2. The maximum atomic E-state index is 11.2. The SMILES string of the molecule is [2H]CC(=O)[C@](O)(C(N)=O)[C@@H](O)[C@H](O)[C@H](O)CO. The van der Waals surface area contributed by atoms with Crippen molar-refractivity contribution in [3.8, 4) is 0 Å². The molecule has 4 atom stereocenters. The van der Waals surface area contributed by atoms with Gasteiger partial charge in [-0.3, -0.25) is 9.59 Å². The van der Waals surface area contributed by atoms with Crippen molar-refractivity contribution < 1.29 is 36.5 Å². The third-order valence-electron chi connectivity index (χ3n) is 2.13. The van der Waals surface area contributed by atoms with E-state index < -0.39 is 49.1 Å². The van der Waals surface area contributed by atoms with Crippen LogP contribution in [0.1, 0.15) is 8.27 Å². The van der Waals surface area contributed by atoms with E-state index in [0.717, 1.165) is 0 Å². The number of hydrogen-bond donors (Lipinski definition) is 6. The number of carbonyl (C=O) groups excluding carboxylic acids is 2. The average Bonchev–Trinajstić information content (AvgIpc) is 2.33. The van der Waals surface area contributed by atoms with Gasteiger partial charge in [0, 0.05) is 1.37 Å². The van der Waals surface area contributed by atoms with Crippen LogP contribution in [0.15, 0.2) is 0 Å². The fourth-order valence-corrected chi connectivity index (χ4v) is 1.01. The second-order valence-corrected chi connectivity index (χ2v) is 3.24. The molecular formula is C8H15NO7. The third-order valence-corrected chi connectivity index (χ3v) is 2.13. The summed E-state index contributed by atoms with van der Waals surface area (Å²) in [7, 11) is 0. The molecule has 0 radical (unpaired) electrons. The molecule has 7 N–H and O–H groups in total. The summed E-state index contributed by atoms with van der Waals surface area (Å²) in [6.45, 7) is -2.03. The normalized spacial score (nSPS) is 21.4. The summed E-state index contributed by atoms with van der Waals surface area (Å²) >= 11 is 0. The fraction of sp³-hybridized carbons (Fsp3) is 0.750. The van der Waals surface area contributed by atoms with Crippen LogP contribution in [0, 0.1) is 0 Å². The molecular weight excluding hydrogens is 222 g/mol. The Labute approximate surface area is 92.3 Å². The molecule has 0 aliphatic heterocycles. The summed E-state index contributed by atoms with van der Waals surface area (Å²) in [5.41, 5.74) is 1.54. The first-order valence-corrected chi connectivity index (χ1v) is 4.23. The van der Waals surface area contributed by atoms with Gasteiger partial charge in [-0.25, -0.2) is 0 Å². The van der Waals surface area contributed by atoms with Crippen molar-refractivity contribution in [1.82, 2.24) is 0 Å². The van der Waals surface area contributed by atoms with Gasteiger partial charge in [0.25, 0.3) is 5.91 Å². The second-order valence-electron chi connectivity index (χ2n) is 3.24. The lowest BCUT2D eigenvalue weighted by Crippen LogP contribution is -2.63. The van der Waals surface area contributed by atoms with Crippen molar-refractivity contribution in [1.29, 1.82) is 0 Å². The lowest BCUT2D eigenvalue weighted by atomic mass is 9.86. The van der Waals surface area contributed by atoms with Crippen LogP contribution in [0.5, 0.6) is 0 Å². The van der Waals surface area contributed by atoms with Gasteiger partial charge >= 0.3 is 0 Å². The molecule has 0 aromatic rings. The van der Waals surface area contributed by atoms with Gasteiger partial charge in [0.05, 0.1) is 6.61 Å². The molecule has 0 fully saturated rings. The standard InChI is InChI=1S/C8H15NO7/c1-3(11)8(16,7(9)15)6(14)5(13)4(12)2-10/h4-6,10,12-14,16H,2H2,1H3,(H2,9,15)/t4-,5-,6+,8-/m1/s1/i1D. The molecule has 0 aromatic carbocycles. The zero-order chi connectivity index (χ0) is 13.8. The number of aliphatic hydroxyl groups excluding tert-OH is 4. The van der Waals surface area contributed by atoms with Crippen LogP contribution in [-0.4, -0.2) is 67.7 Å². The highest BCUT2D eigenvalue weighted by atomic mass is 16.4. The molecule has 0 unspecified atom stereocenters. The van der Waals surface area contributed by atoms with Gasteiger partial charge in [-0.1, -0.05) is 0 Å². The molecule has 0 rings (SSSR count). The molecule has 0 aliphatic carbocycles. The zero-order valence-corrected chi connectivity index (χ0v) is 8.28. The Morgan fingerprint density at radius 1 is 1.44 bits per heavy atom. The van der Waals surface area contributed by atoms with Crippen molar-refractivity contribution in [3.63, 3.8) is 0 Å². The first-order chi connectivity index (χ1) is 7.73. The van der Waals surface area contributed by atoms with Crippen LogP contribution < -0.4 is 5.73 Å². The van der Waals surface area contributed by atoms with E-state index >= 15 is 0 Å². The van der Waals surface area contributed by atoms with Crippen LogP contribution in [0.25, 0.3) is 0 Å². The smallest absolute Gasteiger partial charge is 0.260 e. The van der Waals surface area contributed by atoms with Gasteiger partial charge < -0.3 is 31.3 Å². The molecule has 16 heavy (non-hydrogen) atoms. The van der Waals surface area contributed by atoms with E-state index in [-0.39, 0.29) is 0 Å². The van der Waals surface area contributed by atoms with Crippen LogP contribution in [0.3, 0.4) is 0 Å². The Balaban J connectivity index is 5.21. The largest absolute Gasteiger partial charge is 0.394 e. The van der Waals surface area contributed by atoms with E-state index in [1.165, 1.54) is 0 Å². The lowest BCUT2D eigenvalue weighted by molar-refractivity contribution is -0.179. The highest BCUT2D eigenvalue weighted by molar-refractivity contribution is 6.08. The molecule has 0 bridgehead atoms. The van der Waals surface area contributed by atoms with E-state index in [0.29, 0.717) is 0 Å². The first kappa shape index (κ1) is 13.0. The molecule has 8 heteroatoms. The van der Waals surface area contributed by atoms with Crippen molar-refractivity contribution >= 4 is 11.7 Å². The van der Waals surface area contributed by atoms with Crippen LogP contribution in [0.4, 0.5) is 0 Å². The van der Waals surface area contributed by atoms with Crippen LogP contribution >= 0.6 is 0 Å². The zero-order valence-electron chi connectivity index (χ0n) is 9.28. The number of nitrogens with two attached hydrogens (primary N) is 1. The van der Waals surface area contributed by atoms with Crippen molar-refractivity contribution in [2.75, 3.05) is 6.61 Å². The van der Waals surface area contributed by atoms with Crippen molar-refractivity contribution in [2.45, 2.75) is 30.8 Å². The van der Waals surface area contributed by atoms with Crippen LogP contribution in [0.2, 0.25) is 0 Å². The average molecular weight is 238 g/mol. The van der Waals surface area contributed by atoms with Crippen molar-refractivity contribution in [3.05, 3.63) is 0 Å². The number of primary amides is 1. The number of aliphatic hydroxyl groups is 5. The molecule has 0 spiro atoms. The van der Waals surface area contributed by atoms with Gasteiger partial charge in [-0.15, -0.1) is 0 Å². The molecule has 0 heterocycles. The monoisotopic (exact) mass is 238 g/mol. The summed E-state index contributed by atoms with van der Waals surface area (Å²) in [5.74, 6) is -3.09. The van der Waals surface area contributed by atoms with Gasteiger partial charge in [0.2, 0.25) is 5.60 Å². The number of rotatable bonds is 6. The van der Waals surface area contributed by atoms with E-state index in [9.17, 15) is 24.9 Å². The molecule has 0 saturated heterocycles. The number of hydrogen-bond acceptors (Lipinski definition) is 7. The highest BCUT2D eigenvalue weighted by Crippen LogP contribution is 2.17. The molecule has 1 amide bonds. The number of carbonyl (C=O) groups is 2. The van der Waals surface area contributed by atoms with E-state index in [4.69, 9.17) is 17.3 Å². The number of ketones is 1. The Kier molecular flexibility index (Phi) is 4.33. The molecule has 94 valence electrons. The summed E-state index contributed by atoms with van der Waals surface area (Å²) in [5, 5.41) is 45.8. The van der Waals surface area contributed by atoms with Gasteiger partial charge in [0.1, 0.15) is 18.3 Å². The van der Waals surface area contributed by atoms with Gasteiger partial charge in [-0.05, 0) is 6.90 Å². The predicted octanol–water partition coefficient (Wildman–Crippen LogP) is -4.13. The fourth-order valence-electron chi connectivity index (χ4n) is 1.01. The Hall–Kier alpha value is -1.06. The quantitative estimate of drug-likeness (QED) is 0.256. The topological polar surface area (TPSA) is 161 Å². The molecule has 0 aromatic heterocycles. The van der Waals surface area contributed by atoms with Crippen LogP contribution in [-0.2, 0) is 9.59 Å². The third kappa shape index (κ3) is 2.54. The van der Waals surface area contributed by atoms with Gasteiger partial charge in [-0.2, -0.15) is 0 Å². The Morgan fingerprint density at radius 2 is 1.94 bits per heavy atom. The second kappa shape index (κ2) is 5.32. The Bertz CT molecular complexity index is 300. The molecule has 0 aliphatic rings. The lowest BCUT2D eigenvalue weighted by Gasteiger charge is -2.31. The van der Waals surface area contributed by atoms with Gasteiger partial charge in [0.15, 0.2) is 5.78 Å². The van der Waals surface area contributed by atoms with E-state index in [1.54, 1.807) is 0 Å². The number of Topliss-reactive ketones (excluding diaryl/α,β-unsaturated/α-hetero) is 1. The minimum atomic E-state index is -3.18. The van der Waals surface area contributed by atoms with E-state index in [1.807, 2.05) is 0 Å². The van der Waals surface area contributed by atoms with E-state index in [2.05, 4.69) is 0 Å². The summed E-state index contributed by atoms with van der Waals surface area (Å²) in [6.07, 6.45) is -6.50. The number of amides is 1. The summed E-state index contributed by atoms with van der Waals surface area (Å²) in [4.78, 5) is 22.1. The first-order valence-electron chi connectivity index (χ1n) is 4.94. The predicted molar refractivity (Wildman–Crippen MR) is 49.9 cm³/mol. The molecule has 8 nitrogen and oxygen atoms in total.